The monoisotopic (exact) mass is 452 g/mol. The number of rotatable bonds is 5. The van der Waals surface area contributed by atoms with E-state index in [9.17, 15) is 20.1 Å². The summed E-state index contributed by atoms with van der Waals surface area (Å²) in [5.41, 5.74) is -1.38. The standard InChI is InChI=1S/C28H36O5/c1-17-12-22-26(31,24(17)30)15-20(16-29)13-21-23-25(3,4)27(23,14-18(2)28(21,22)32)33-11-10-19-8-6-5-7-9-19/h5-9,12-13,17-18,21,23,29,31-32H,10-11,14-16H2,1-4H3/t17?,18-,21+,23-,26-,27+,28-/m1/s1. The average molecular weight is 453 g/mol. The summed E-state index contributed by atoms with van der Waals surface area (Å²) in [4.78, 5) is 13.0. The first-order chi connectivity index (χ1) is 15.5. The molecule has 0 radical (unpaired) electrons. The number of carbonyl (C=O) groups excluding carboxylic acids is 1. The van der Waals surface area contributed by atoms with Crippen molar-refractivity contribution in [2.45, 2.75) is 63.8 Å². The minimum atomic E-state index is -1.75. The number of hydrogen-bond donors (Lipinski definition) is 3. The summed E-state index contributed by atoms with van der Waals surface area (Å²) in [6.07, 6.45) is 5.24. The summed E-state index contributed by atoms with van der Waals surface area (Å²) in [5.74, 6) is -1.28. The Kier molecular flexibility index (Phi) is 5.12. The van der Waals surface area contributed by atoms with Crippen LogP contribution in [0, 0.1) is 29.1 Å². The number of aliphatic hydroxyl groups is 3. The van der Waals surface area contributed by atoms with Crippen LogP contribution >= 0.6 is 0 Å². The molecule has 1 aromatic rings. The van der Waals surface area contributed by atoms with Crippen LogP contribution in [-0.2, 0) is 16.0 Å². The molecule has 0 spiro atoms. The van der Waals surface area contributed by atoms with Crippen molar-refractivity contribution >= 4 is 5.78 Å². The number of Topliss-reactive ketones (excluding diaryl/α,β-unsaturated/α-hetero) is 1. The lowest BCUT2D eigenvalue weighted by molar-refractivity contribution is -0.141. The van der Waals surface area contributed by atoms with Gasteiger partial charge >= 0.3 is 0 Å². The Morgan fingerprint density at radius 2 is 1.79 bits per heavy atom. The Hall–Kier alpha value is -1.79. The molecule has 5 heteroatoms. The zero-order chi connectivity index (χ0) is 23.8. The molecule has 0 saturated heterocycles. The summed E-state index contributed by atoms with van der Waals surface area (Å²) in [6, 6.07) is 10.3. The molecule has 0 bridgehead atoms. The zero-order valence-electron chi connectivity index (χ0n) is 20.0. The summed E-state index contributed by atoms with van der Waals surface area (Å²) in [5, 5.41) is 33.9. The Balaban J connectivity index is 1.51. The molecular weight excluding hydrogens is 416 g/mol. The highest BCUT2D eigenvalue weighted by Gasteiger charge is 2.81. The topological polar surface area (TPSA) is 87.0 Å². The molecule has 0 amide bonds. The second-order valence-corrected chi connectivity index (χ2v) is 11.4. The maximum absolute atomic E-state index is 13.0. The number of benzene rings is 1. The number of allylic oxidation sites excluding steroid dienone is 1. The smallest absolute Gasteiger partial charge is 0.175 e. The Labute approximate surface area is 196 Å². The predicted molar refractivity (Wildman–Crippen MR) is 125 cm³/mol. The van der Waals surface area contributed by atoms with Crippen LogP contribution in [0.2, 0.25) is 0 Å². The molecule has 0 aromatic heterocycles. The van der Waals surface area contributed by atoms with Gasteiger partial charge in [0.2, 0.25) is 0 Å². The molecule has 3 N–H and O–H groups in total. The number of ketones is 1. The van der Waals surface area contributed by atoms with Crippen LogP contribution in [0.25, 0.3) is 0 Å². The van der Waals surface area contributed by atoms with Gasteiger partial charge in [0.1, 0.15) is 0 Å². The van der Waals surface area contributed by atoms with Crippen LogP contribution in [0.3, 0.4) is 0 Å². The molecule has 178 valence electrons. The normalized spacial score (nSPS) is 43.1. The average Bonchev–Trinajstić information content (AvgIpc) is 3.19. The van der Waals surface area contributed by atoms with Crippen LogP contribution in [0.5, 0.6) is 0 Å². The van der Waals surface area contributed by atoms with E-state index >= 15 is 0 Å². The third kappa shape index (κ3) is 2.95. The molecule has 5 rings (SSSR count). The highest BCUT2D eigenvalue weighted by atomic mass is 16.5. The molecule has 0 aliphatic heterocycles. The highest BCUT2D eigenvalue weighted by Crippen LogP contribution is 2.76. The van der Waals surface area contributed by atoms with Crippen molar-refractivity contribution in [2.75, 3.05) is 13.2 Å². The molecule has 1 unspecified atom stereocenters. The number of aliphatic hydroxyl groups excluding tert-OH is 1. The Bertz CT molecular complexity index is 1030. The Morgan fingerprint density at radius 3 is 2.45 bits per heavy atom. The molecule has 5 nitrogen and oxygen atoms in total. The van der Waals surface area contributed by atoms with Gasteiger partial charge in [-0.2, -0.15) is 0 Å². The number of ether oxygens (including phenoxy) is 1. The first-order valence-corrected chi connectivity index (χ1v) is 12.2. The van der Waals surface area contributed by atoms with E-state index in [0.29, 0.717) is 24.2 Å². The van der Waals surface area contributed by atoms with Crippen LogP contribution in [-0.4, -0.2) is 51.1 Å². The Morgan fingerprint density at radius 1 is 1.09 bits per heavy atom. The van der Waals surface area contributed by atoms with Gasteiger partial charge in [-0.25, -0.2) is 0 Å². The van der Waals surface area contributed by atoms with Gasteiger partial charge in [-0.1, -0.05) is 70.2 Å². The van der Waals surface area contributed by atoms with Crippen molar-refractivity contribution in [1.82, 2.24) is 0 Å². The minimum absolute atomic E-state index is 0.0257. The number of carbonyl (C=O) groups is 1. The van der Waals surface area contributed by atoms with Crippen molar-refractivity contribution < 1.29 is 24.9 Å². The molecule has 0 heterocycles. The quantitative estimate of drug-likeness (QED) is 0.597. The molecule has 2 saturated carbocycles. The van der Waals surface area contributed by atoms with Gasteiger partial charge in [0.25, 0.3) is 0 Å². The first kappa shape index (κ1) is 23.0. The predicted octanol–water partition coefficient (Wildman–Crippen LogP) is 3.23. The lowest BCUT2D eigenvalue weighted by Crippen LogP contribution is -2.57. The van der Waals surface area contributed by atoms with Gasteiger partial charge in [0.15, 0.2) is 11.4 Å². The van der Waals surface area contributed by atoms with Gasteiger partial charge in [0.05, 0.1) is 24.4 Å². The van der Waals surface area contributed by atoms with Crippen molar-refractivity contribution in [3.63, 3.8) is 0 Å². The fraction of sp³-hybridized carbons (Fsp3) is 0.607. The molecule has 4 aliphatic rings. The van der Waals surface area contributed by atoms with Crippen LogP contribution in [0.1, 0.15) is 46.1 Å². The minimum Gasteiger partial charge on any atom is -0.392 e. The summed E-state index contributed by atoms with van der Waals surface area (Å²) in [7, 11) is 0. The maximum atomic E-state index is 13.0. The van der Waals surface area contributed by atoms with Gasteiger partial charge in [-0.3, -0.25) is 4.79 Å². The van der Waals surface area contributed by atoms with Crippen LogP contribution < -0.4 is 0 Å². The van der Waals surface area contributed by atoms with Crippen LogP contribution in [0.4, 0.5) is 0 Å². The molecule has 33 heavy (non-hydrogen) atoms. The second kappa shape index (κ2) is 7.35. The van der Waals surface area contributed by atoms with Gasteiger partial charge in [-0.05, 0) is 35.5 Å². The summed E-state index contributed by atoms with van der Waals surface area (Å²) >= 11 is 0. The lowest BCUT2D eigenvalue weighted by Gasteiger charge is -2.48. The summed E-state index contributed by atoms with van der Waals surface area (Å²) in [6.45, 7) is 8.52. The molecule has 2 fully saturated rings. The number of hydrogen-bond acceptors (Lipinski definition) is 5. The van der Waals surface area contributed by atoms with Crippen LogP contribution in [0.15, 0.2) is 53.6 Å². The van der Waals surface area contributed by atoms with Gasteiger partial charge in [0, 0.05) is 29.6 Å². The summed E-state index contributed by atoms with van der Waals surface area (Å²) < 4.78 is 6.66. The van der Waals surface area contributed by atoms with E-state index in [1.54, 1.807) is 13.0 Å². The van der Waals surface area contributed by atoms with E-state index in [1.165, 1.54) is 5.56 Å². The number of fused-ring (bicyclic) bond motifs is 5. The SMILES string of the molecule is CC1C=C2[C@](O)(CC(CO)=C[C@H]3[C@@H]4C(C)(C)[C@]4(OCCc4ccccc4)C[C@@H](C)[C@]23O)C1=O. The first-order valence-electron chi connectivity index (χ1n) is 12.2. The zero-order valence-corrected chi connectivity index (χ0v) is 20.0. The van der Waals surface area contributed by atoms with Crippen molar-refractivity contribution in [2.24, 2.45) is 29.1 Å². The molecule has 4 aliphatic carbocycles. The van der Waals surface area contributed by atoms with E-state index in [0.717, 1.165) is 6.42 Å². The fourth-order valence-corrected chi connectivity index (χ4v) is 7.55. The van der Waals surface area contributed by atoms with Gasteiger partial charge in [-0.15, -0.1) is 0 Å². The van der Waals surface area contributed by atoms with E-state index in [-0.39, 0.29) is 47.6 Å². The second-order valence-electron chi connectivity index (χ2n) is 11.4. The molecule has 7 atom stereocenters. The van der Waals surface area contributed by atoms with Crippen molar-refractivity contribution in [1.29, 1.82) is 0 Å². The third-order valence-electron chi connectivity index (χ3n) is 9.32. The molecular formula is C28H36O5. The highest BCUT2D eigenvalue weighted by molar-refractivity contribution is 5.98. The van der Waals surface area contributed by atoms with E-state index in [1.807, 2.05) is 31.2 Å². The molecule has 1 aromatic carbocycles. The van der Waals surface area contributed by atoms with Crippen molar-refractivity contribution in [3.8, 4) is 0 Å². The van der Waals surface area contributed by atoms with E-state index in [2.05, 4.69) is 26.0 Å². The lowest BCUT2D eigenvalue weighted by atomic mass is 9.62. The van der Waals surface area contributed by atoms with E-state index in [4.69, 9.17) is 4.74 Å². The van der Waals surface area contributed by atoms with Gasteiger partial charge < -0.3 is 20.1 Å². The van der Waals surface area contributed by atoms with E-state index < -0.39 is 17.1 Å². The largest absolute Gasteiger partial charge is 0.392 e. The van der Waals surface area contributed by atoms with Crippen molar-refractivity contribution in [3.05, 3.63) is 59.2 Å². The third-order valence-corrected chi connectivity index (χ3v) is 9.32. The fourth-order valence-electron chi connectivity index (χ4n) is 7.55. The maximum Gasteiger partial charge on any atom is 0.175 e.